The molecule has 0 atom stereocenters. The number of nitrogens with zero attached hydrogens (tertiary/aromatic N) is 3. The normalized spacial score (nSPS) is 14.5. The highest BCUT2D eigenvalue weighted by Gasteiger charge is 2.27. The van der Waals surface area contributed by atoms with Gasteiger partial charge in [-0.3, -0.25) is 0 Å². The Hall–Kier alpha value is -3.03. The Labute approximate surface area is 170 Å². The molecular formula is C21H26FN3O4. The number of para-hydroxylation sites is 1. The molecule has 0 N–H and O–H groups in total. The van der Waals surface area contributed by atoms with E-state index in [1.54, 1.807) is 29.3 Å². The predicted octanol–water partition coefficient (Wildman–Crippen LogP) is 4.08. The number of ether oxygens (including phenoxy) is 3. The summed E-state index contributed by atoms with van der Waals surface area (Å²) in [5.41, 5.74) is 0.193. The lowest BCUT2D eigenvalue weighted by atomic mass is 10.2. The minimum Gasteiger partial charge on any atom is -0.493 e. The summed E-state index contributed by atoms with van der Waals surface area (Å²) in [5, 5.41) is 0. The highest BCUT2D eigenvalue weighted by molar-refractivity contribution is 5.69. The number of hydrogen-bond acceptors (Lipinski definition) is 6. The van der Waals surface area contributed by atoms with Crippen molar-refractivity contribution in [1.82, 2.24) is 9.88 Å². The zero-order valence-corrected chi connectivity index (χ0v) is 17.1. The Bertz CT molecular complexity index is 861. The number of amides is 1. The number of methoxy groups -OCH3 is 1. The van der Waals surface area contributed by atoms with Crippen LogP contribution < -0.4 is 14.4 Å². The van der Waals surface area contributed by atoms with Crippen LogP contribution >= 0.6 is 0 Å². The van der Waals surface area contributed by atoms with E-state index in [4.69, 9.17) is 14.2 Å². The Kier molecular flexibility index (Phi) is 6.10. The van der Waals surface area contributed by atoms with Gasteiger partial charge in [-0.2, -0.15) is 0 Å². The smallest absolute Gasteiger partial charge is 0.410 e. The molecule has 1 aliphatic heterocycles. The summed E-state index contributed by atoms with van der Waals surface area (Å²) in [7, 11) is 1.46. The van der Waals surface area contributed by atoms with Crippen molar-refractivity contribution in [1.29, 1.82) is 0 Å². The fourth-order valence-corrected chi connectivity index (χ4v) is 3.00. The maximum atomic E-state index is 14.3. The highest BCUT2D eigenvalue weighted by atomic mass is 19.1. The molecule has 7 nitrogen and oxygen atoms in total. The molecule has 1 aliphatic rings. The van der Waals surface area contributed by atoms with Crippen molar-refractivity contribution in [2.45, 2.75) is 26.4 Å². The number of carbonyl (C=O) groups excluding carboxylic acids is 1. The molecule has 0 saturated carbocycles. The van der Waals surface area contributed by atoms with Gasteiger partial charge in [0.05, 0.1) is 7.11 Å². The van der Waals surface area contributed by atoms with Gasteiger partial charge in [-0.15, -0.1) is 0 Å². The van der Waals surface area contributed by atoms with Gasteiger partial charge < -0.3 is 24.0 Å². The highest BCUT2D eigenvalue weighted by Crippen LogP contribution is 2.37. The first-order valence-electron chi connectivity index (χ1n) is 9.47. The average Bonchev–Trinajstić information content (AvgIpc) is 2.69. The summed E-state index contributed by atoms with van der Waals surface area (Å²) < 4.78 is 30.7. The second kappa shape index (κ2) is 8.55. The zero-order chi connectivity index (χ0) is 21.0. The van der Waals surface area contributed by atoms with Crippen molar-refractivity contribution < 1.29 is 23.4 Å². The molecule has 156 valence electrons. The summed E-state index contributed by atoms with van der Waals surface area (Å²) >= 11 is 0. The van der Waals surface area contributed by atoms with E-state index < -0.39 is 11.4 Å². The quantitative estimate of drug-likeness (QED) is 0.767. The number of piperazine rings is 1. The van der Waals surface area contributed by atoms with E-state index in [-0.39, 0.29) is 23.5 Å². The third kappa shape index (κ3) is 5.07. The average molecular weight is 403 g/mol. The van der Waals surface area contributed by atoms with E-state index in [1.165, 1.54) is 13.2 Å². The van der Waals surface area contributed by atoms with E-state index in [1.807, 2.05) is 26.8 Å². The summed E-state index contributed by atoms with van der Waals surface area (Å²) in [6.45, 7) is 7.70. The van der Waals surface area contributed by atoms with Crippen LogP contribution in [0.4, 0.5) is 14.9 Å². The lowest BCUT2D eigenvalue weighted by Gasteiger charge is -2.36. The summed E-state index contributed by atoms with van der Waals surface area (Å²) in [5.74, 6) is 0.0241. The van der Waals surface area contributed by atoms with Crippen LogP contribution in [0.2, 0.25) is 0 Å². The van der Waals surface area contributed by atoms with E-state index in [0.29, 0.717) is 26.2 Å². The molecule has 0 unspecified atom stereocenters. The van der Waals surface area contributed by atoms with Gasteiger partial charge in [0, 0.05) is 32.4 Å². The van der Waals surface area contributed by atoms with Gasteiger partial charge in [0.15, 0.2) is 11.6 Å². The van der Waals surface area contributed by atoms with Gasteiger partial charge in [0.2, 0.25) is 11.6 Å². The maximum absolute atomic E-state index is 14.3. The number of halogens is 1. The van der Waals surface area contributed by atoms with Crippen LogP contribution in [0.15, 0.2) is 36.5 Å². The van der Waals surface area contributed by atoms with Gasteiger partial charge in [-0.25, -0.2) is 14.2 Å². The zero-order valence-electron chi connectivity index (χ0n) is 17.1. The van der Waals surface area contributed by atoms with Crippen molar-refractivity contribution >= 4 is 11.8 Å². The van der Waals surface area contributed by atoms with Crippen molar-refractivity contribution in [2.75, 3.05) is 38.2 Å². The van der Waals surface area contributed by atoms with Crippen molar-refractivity contribution in [3.8, 4) is 17.4 Å². The van der Waals surface area contributed by atoms with Crippen LogP contribution in [0.1, 0.15) is 20.8 Å². The molecule has 3 rings (SSSR count). The molecule has 0 spiro atoms. The second-order valence-corrected chi connectivity index (χ2v) is 7.66. The standard InChI is InChI=1S/C21H26FN3O4/c1-21(2,3)29-20(26)25-13-11-24(12-14-25)16-8-6-10-23-19(16)28-18-15(22)7-5-9-17(18)27-4/h5-10H,11-14H2,1-4H3. The van der Waals surface area contributed by atoms with Crippen LogP contribution in [0.25, 0.3) is 0 Å². The monoisotopic (exact) mass is 403 g/mol. The SMILES string of the molecule is COc1cccc(F)c1Oc1ncccc1N1CCN(C(=O)OC(C)(C)C)CC1. The van der Waals surface area contributed by atoms with Crippen LogP contribution in [-0.2, 0) is 4.74 Å². The minimum absolute atomic E-state index is 0.0117. The number of carbonyl (C=O) groups is 1. The lowest BCUT2D eigenvalue weighted by molar-refractivity contribution is 0.0240. The predicted molar refractivity (Wildman–Crippen MR) is 107 cm³/mol. The molecule has 8 heteroatoms. The number of pyridine rings is 1. The summed E-state index contributed by atoms with van der Waals surface area (Å²) in [4.78, 5) is 20.3. The third-order valence-corrected chi connectivity index (χ3v) is 4.37. The van der Waals surface area contributed by atoms with E-state index >= 15 is 0 Å². The van der Waals surface area contributed by atoms with Crippen LogP contribution in [-0.4, -0.2) is 54.9 Å². The van der Waals surface area contributed by atoms with E-state index in [0.717, 1.165) is 5.69 Å². The molecule has 2 aromatic rings. The molecular weight excluding hydrogens is 377 g/mol. The van der Waals surface area contributed by atoms with Gasteiger partial charge in [-0.1, -0.05) is 6.07 Å². The largest absolute Gasteiger partial charge is 0.493 e. The molecule has 1 saturated heterocycles. The molecule has 2 heterocycles. The molecule has 1 amide bonds. The van der Waals surface area contributed by atoms with Crippen LogP contribution in [0, 0.1) is 5.82 Å². The van der Waals surface area contributed by atoms with Gasteiger partial charge in [-0.05, 0) is 45.0 Å². The molecule has 1 aromatic heterocycles. The van der Waals surface area contributed by atoms with E-state index in [2.05, 4.69) is 9.88 Å². The topological polar surface area (TPSA) is 64.1 Å². The number of rotatable bonds is 4. The third-order valence-electron chi connectivity index (χ3n) is 4.37. The molecule has 0 aliphatic carbocycles. The fraction of sp³-hybridized carbons (Fsp3) is 0.429. The Morgan fingerprint density at radius 1 is 1.10 bits per heavy atom. The molecule has 0 radical (unpaired) electrons. The van der Waals surface area contributed by atoms with E-state index in [9.17, 15) is 9.18 Å². The molecule has 29 heavy (non-hydrogen) atoms. The molecule has 1 fully saturated rings. The summed E-state index contributed by atoms with van der Waals surface area (Å²) in [6.07, 6.45) is 1.26. The molecule has 1 aromatic carbocycles. The van der Waals surface area contributed by atoms with Crippen molar-refractivity contribution in [3.63, 3.8) is 0 Å². The first-order valence-corrected chi connectivity index (χ1v) is 9.47. The Balaban J connectivity index is 1.73. The number of aromatic nitrogens is 1. The van der Waals surface area contributed by atoms with Crippen molar-refractivity contribution in [3.05, 3.63) is 42.3 Å². The van der Waals surface area contributed by atoms with Crippen molar-refractivity contribution in [2.24, 2.45) is 0 Å². The Morgan fingerprint density at radius 3 is 2.48 bits per heavy atom. The number of hydrogen-bond donors (Lipinski definition) is 0. The molecule has 0 bridgehead atoms. The number of benzene rings is 1. The van der Waals surface area contributed by atoms with Crippen LogP contribution in [0.5, 0.6) is 17.4 Å². The number of anilines is 1. The lowest BCUT2D eigenvalue weighted by Crippen LogP contribution is -2.50. The first kappa shape index (κ1) is 20.7. The van der Waals surface area contributed by atoms with Crippen LogP contribution in [0.3, 0.4) is 0 Å². The summed E-state index contributed by atoms with van der Waals surface area (Å²) in [6, 6.07) is 8.14. The second-order valence-electron chi connectivity index (χ2n) is 7.66. The minimum atomic E-state index is -0.532. The maximum Gasteiger partial charge on any atom is 0.410 e. The van der Waals surface area contributed by atoms with Gasteiger partial charge >= 0.3 is 6.09 Å². The fourth-order valence-electron chi connectivity index (χ4n) is 3.00. The van der Waals surface area contributed by atoms with Gasteiger partial charge in [0.1, 0.15) is 11.3 Å². The first-order chi connectivity index (χ1) is 13.8. The van der Waals surface area contributed by atoms with Gasteiger partial charge in [0.25, 0.3) is 0 Å². The Morgan fingerprint density at radius 2 is 1.83 bits per heavy atom.